The summed E-state index contributed by atoms with van der Waals surface area (Å²) < 4.78 is 7.66. The summed E-state index contributed by atoms with van der Waals surface area (Å²) in [7, 11) is 0. The van der Waals surface area contributed by atoms with Gasteiger partial charge in [-0.25, -0.2) is 0 Å². The monoisotopic (exact) mass is 288 g/mol. The molecule has 5 nitrogen and oxygen atoms in total. The van der Waals surface area contributed by atoms with Gasteiger partial charge in [-0.2, -0.15) is 0 Å². The van der Waals surface area contributed by atoms with Crippen LogP contribution >= 0.6 is 0 Å². The van der Waals surface area contributed by atoms with E-state index in [2.05, 4.69) is 42.4 Å². The second kappa shape index (κ2) is 7.22. The van der Waals surface area contributed by atoms with E-state index in [4.69, 9.17) is 10.5 Å². The summed E-state index contributed by atoms with van der Waals surface area (Å²) in [5.41, 5.74) is 9.16. The van der Waals surface area contributed by atoms with Crippen molar-refractivity contribution in [2.75, 3.05) is 6.61 Å². The zero-order valence-electron chi connectivity index (χ0n) is 13.0. The normalized spacial score (nSPS) is 12.4. The van der Waals surface area contributed by atoms with Gasteiger partial charge in [0.25, 0.3) is 0 Å². The molecule has 0 saturated heterocycles. The highest BCUT2D eigenvalue weighted by Crippen LogP contribution is 2.19. The van der Waals surface area contributed by atoms with Gasteiger partial charge in [-0.1, -0.05) is 24.3 Å². The zero-order valence-corrected chi connectivity index (χ0v) is 13.0. The van der Waals surface area contributed by atoms with Crippen molar-refractivity contribution in [2.45, 2.75) is 46.2 Å². The van der Waals surface area contributed by atoms with Crippen molar-refractivity contribution in [1.29, 1.82) is 0 Å². The van der Waals surface area contributed by atoms with Crippen molar-refractivity contribution < 1.29 is 4.74 Å². The van der Waals surface area contributed by atoms with Crippen LogP contribution in [0.15, 0.2) is 24.4 Å². The fourth-order valence-electron chi connectivity index (χ4n) is 2.07. The second-order valence-corrected chi connectivity index (χ2v) is 5.39. The number of nitrogens with zero attached hydrogens (tertiary/aromatic N) is 3. The fraction of sp³-hybridized carbons (Fsp3) is 0.500. The van der Waals surface area contributed by atoms with Crippen LogP contribution in [0.5, 0.6) is 5.75 Å². The summed E-state index contributed by atoms with van der Waals surface area (Å²) >= 11 is 0. The number of aromatic nitrogens is 3. The molecule has 2 N–H and O–H groups in total. The molecular weight excluding hydrogens is 264 g/mol. The van der Waals surface area contributed by atoms with Gasteiger partial charge in [0.15, 0.2) is 0 Å². The van der Waals surface area contributed by atoms with Gasteiger partial charge >= 0.3 is 0 Å². The molecule has 0 aliphatic carbocycles. The highest BCUT2D eigenvalue weighted by atomic mass is 16.5. The largest absolute Gasteiger partial charge is 0.493 e. The number of nitrogens with two attached hydrogens (primary N) is 1. The summed E-state index contributed by atoms with van der Waals surface area (Å²) in [6.45, 7) is 7.63. The van der Waals surface area contributed by atoms with Gasteiger partial charge in [-0.05, 0) is 37.5 Å². The number of hydrogen-bond acceptors (Lipinski definition) is 4. The molecule has 5 heteroatoms. The summed E-state index contributed by atoms with van der Waals surface area (Å²) in [6, 6.07) is 6.23. The number of hydrogen-bond donors (Lipinski definition) is 1. The first kappa shape index (κ1) is 15.5. The van der Waals surface area contributed by atoms with Crippen molar-refractivity contribution in [1.82, 2.24) is 15.0 Å². The molecule has 114 valence electrons. The van der Waals surface area contributed by atoms with E-state index in [9.17, 15) is 0 Å². The van der Waals surface area contributed by atoms with Gasteiger partial charge in [0.1, 0.15) is 5.75 Å². The van der Waals surface area contributed by atoms with Crippen LogP contribution in [0.2, 0.25) is 0 Å². The zero-order chi connectivity index (χ0) is 15.2. The molecule has 1 unspecified atom stereocenters. The van der Waals surface area contributed by atoms with E-state index < -0.39 is 0 Å². The third-order valence-electron chi connectivity index (χ3n) is 3.51. The molecule has 21 heavy (non-hydrogen) atoms. The van der Waals surface area contributed by atoms with Crippen LogP contribution in [0.25, 0.3) is 0 Å². The summed E-state index contributed by atoms with van der Waals surface area (Å²) in [4.78, 5) is 0. The molecule has 0 bridgehead atoms. The maximum atomic E-state index is 5.93. The van der Waals surface area contributed by atoms with Crippen LogP contribution in [-0.2, 0) is 6.54 Å². The predicted molar refractivity (Wildman–Crippen MR) is 83.3 cm³/mol. The molecule has 0 spiro atoms. The third kappa shape index (κ3) is 4.29. The van der Waals surface area contributed by atoms with E-state index in [0.717, 1.165) is 36.4 Å². The predicted octanol–water partition coefficient (Wildman–Crippen LogP) is 2.77. The Morgan fingerprint density at radius 1 is 1.33 bits per heavy atom. The lowest BCUT2D eigenvalue weighted by atomic mass is 10.1. The Kier molecular flexibility index (Phi) is 5.33. The van der Waals surface area contributed by atoms with Gasteiger partial charge in [0.2, 0.25) is 0 Å². The van der Waals surface area contributed by atoms with Gasteiger partial charge in [0.05, 0.1) is 24.5 Å². The lowest BCUT2D eigenvalue weighted by molar-refractivity contribution is 0.296. The molecular formula is C16H24N4O. The minimum absolute atomic E-state index is 0.0232. The van der Waals surface area contributed by atoms with Gasteiger partial charge in [-0.3, -0.25) is 4.68 Å². The molecule has 0 fully saturated rings. The molecule has 0 aliphatic heterocycles. The average Bonchev–Trinajstić information content (AvgIpc) is 2.95. The molecule has 1 heterocycles. The van der Waals surface area contributed by atoms with E-state index in [0.29, 0.717) is 6.61 Å². The Balaban J connectivity index is 1.79. The second-order valence-electron chi connectivity index (χ2n) is 5.39. The van der Waals surface area contributed by atoms with Crippen molar-refractivity contribution in [3.05, 3.63) is 41.2 Å². The molecule has 0 amide bonds. The van der Waals surface area contributed by atoms with E-state index >= 15 is 0 Å². The SMILES string of the molecule is CCC(N)c1cn(CCCOc2cc(C)ccc2C)nn1. The molecule has 2 aromatic rings. The van der Waals surface area contributed by atoms with Crippen molar-refractivity contribution >= 4 is 0 Å². The quantitative estimate of drug-likeness (QED) is 0.796. The minimum atomic E-state index is -0.0232. The lowest BCUT2D eigenvalue weighted by Gasteiger charge is -2.09. The minimum Gasteiger partial charge on any atom is -0.493 e. The highest BCUT2D eigenvalue weighted by Gasteiger charge is 2.08. The van der Waals surface area contributed by atoms with Crippen LogP contribution in [0.3, 0.4) is 0 Å². The lowest BCUT2D eigenvalue weighted by Crippen LogP contribution is -2.09. The van der Waals surface area contributed by atoms with Crippen LogP contribution in [-0.4, -0.2) is 21.6 Å². The van der Waals surface area contributed by atoms with Gasteiger partial charge in [-0.15, -0.1) is 5.10 Å². The average molecular weight is 288 g/mol. The van der Waals surface area contributed by atoms with E-state index in [1.165, 1.54) is 5.56 Å². The number of ether oxygens (including phenoxy) is 1. The number of rotatable bonds is 7. The van der Waals surface area contributed by atoms with Crippen molar-refractivity contribution in [2.24, 2.45) is 5.73 Å². The molecule has 0 radical (unpaired) electrons. The van der Waals surface area contributed by atoms with E-state index in [1.807, 2.05) is 17.8 Å². The van der Waals surface area contributed by atoms with Crippen LogP contribution in [0, 0.1) is 13.8 Å². The van der Waals surface area contributed by atoms with Gasteiger partial charge < -0.3 is 10.5 Å². The first-order valence-electron chi connectivity index (χ1n) is 7.45. The van der Waals surface area contributed by atoms with E-state index in [1.54, 1.807) is 0 Å². The number of benzene rings is 1. The highest BCUT2D eigenvalue weighted by molar-refractivity contribution is 5.35. The Hall–Kier alpha value is -1.88. The number of aryl methyl sites for hydroxylation is 3. The first-order chi connectivity index (χ1) is 10.1. The van der Waals surface area contributed by atoms with Crippen molar-refractivity contribution in [3.8, 4) is 5.75 Å². The van der Waals surface area contributed by atoms with Gasteiger partial charge in [0, 0.05) is 13.0 Å². The van der Waals surface area contributed by atoms with Crippen LogP contribution in [0.1, 0.15) is 42.6 Å². The summed E-state index contributed by atoms with van der Waals surface area (Å²) in [6.07, 6.45) is 3.68. The first-order valence-corrected chi connectivity index (χ1v) is 7.45. The Morgan fingerprint density at radius 2 is 2.14 bits per heavy atom. The Labute approximate surface area is 126 Å². The topological polar surface area (TPSA) is 66.0 Å². The smallest absolute Gasteiger partial charge is 0.122 e. The third-order valence-corrected chi connectivity index (χ3v) is 3.51. The van der Waals surface area contributed by atoms with Crippen molar-refractivity contribution in [3.63, 3.8) is 0 Å². The maximum absolute atomic E-state index is 5.93. The molecule has 2 rings (SSSR count). The molecule has 0 saturated carbocycles. The summed E-state index contributed by atoms with van der Waals surface area (Å²) in [5.74, 6) is 0.960. The molecule has 0 aliphatic rings. The molecule has 1 aromatic carbocycles. The molecule has 1 atom stereocenters. The Bertz CT molecular complexity index is 579. The standard InChI is InChI=1S/C16H24N4O/c1-4-14(17)15-11-20(19-18-15)8-5-9-21-16-10-12(2)6-7-13(16)3/h6-7,10-11,14H,4-5,8-9,17H2,1-3H3. The fourth-order valence-corrected chi connectivity index (χ4v) is 2.07. The Morgan fingerprint density at radius 3 is 2.90 bits per heavy atom. The van der Waals surface area contributed by atoms with E-state index in [-0.39, 0.29) is 6.04 Å². The summed E-state index contributed by atoms with van der Waals surface area (Å²) in [5, 5.41) is 8.19. The molecule has 1 aromatic heterocycles. The van der Waals surface area contributed by atoms with Crippen LogP contribution < -0.4 is 10.5 Å². The maximum Gasteiger partial charge on any atom is 0.122 e. The van der Waals surface area contributed by atoms with Crippen LogP contribution in [0.4, 0.5) is 0 Å².